The van der Waals surface area contributed by atoms with Crippen molar-refractivity contribution in [3.05, 3.63) is 76.4 Å². The third-order valence-corrected chi connectivity index (χ3v) is 8.70. The Bertz CT molecular complexity index is 1380. The highest BCUT2D eigenvalue weighted by atomic mass is 79.9. The number of sulfonamides is 2. The van der Waals surface area contributed by atoms with Gasteiger partial charge in [-0.1, -0.05) is 41.9 Å². The molecule has 3 aromatic rings. The van der Waals surface area contributed by atoms with E-state index < -0.39 is 33.8 Å². The molecule has 0 amide bonds. The Labute approximate surface area is 197 Å². The molecule has 2 aromatic carbocycles. The molecule has 1 heterocycles. The van der Waals surface area contributed by atoms with Gasteiger partial charge in [-0.05, 0) is 45.8 Å². The van der Waals surface area contributed by atoms with Crippen LogP contribution in [-0.4, -0.2) is 37.1 Å². The molecule has 0 atom stereocenters. The minimum Gasteiger partial charge on any atom is -0.345 e. The van der Waals surface area contributed by atoms with E-state index in [2.05, 4.69) is 25.9 Å². The minimum atomic E-state index is -4.94. The highest BCUT2D eigenvalue weighted by Gasteiger charge is 2.37. The first-order chi connectivity index (χ1) is 15.0. The van der Waals surface area contributed by atoms with Gasteiger partial charge in [-0.2, -0.15) is 0 Å². The molecule has 0 radical (unpaired) electrons. The normalized spacial score (nSPS) is 12.5. The van der Waals surface area contributed by atoms with Crippen molar-refractivity contribution in [3.63, 3.8) is 0 Å². The minimum absolute atomic E-state index is 0.193. The van der Waals surface area contributed by atoms with Gasteiger partial charge in [0.25, 0.3) is 20.0 Å². The van der Waals surface area contributed by atoms with Crippen LogP contribution in [0.5, 0.6) is 0 Å². The predicted octanol–water partition coefficient (Wildman–Crippen LogP) is 4.55. The molecule has 13 heteroatoms. The van der Waals surface area contributed by atoms with Gasteiger partial charge in [-0.15, -0.1) is 4.48 Å². The van der Waals surface area contributed by atoms with Crippen LogP contribution in [0.15, 0.2) is 80.1 Å². The van der Waals surface area contributed by atoms with Crippen molar-refractivity contribution >= 4 is 64.8 Å². The topological polar surface area (TPSA) is 124 Å². The maximum atomic E-state index is 14.5. The van der Waals surface area contributed by atoms with Crippen molar-refractivity contribution < 1.29 is 21.3 Å². The summed E-state index contributed by atoms with van der Waals surface area (Å²) in [5.41, 5.74) is 1.03. The Balaban J connectivity index is 1.77. The van der Waals surface area contributed by atoms with Crippen LogP contribution in [-0.2, 0) is 26.5 Å². The van der Waals surface area contributed by atoms with Crippen molar-refractivity contribution in [3.8, 4) is 0 Å². The summed E-state index contributed by atoms with van der Waals surface area (Å²) in [5, 5.41) is 7.36. The molecule has 0 aliphatic carbocycles. The van der Waals surface area contributed by atoms with Crippen LogP contribution in [0.4, 0.5) is 10.3 Å². The third-order valence-electron chi connectivity index (χ3n) is 4.22. The fraction of sp³-hybridized carbons (Fsp3) is 0.0526. The monoisotopic (exact) mass is 560 g/mol. The number of nitrogens with one attached hydrogen (secondary N) is 2. The number of halogens is 3. The Hall–Kier alpha value is -2.38. The van der Waals surface area contributed by atoms with Crippen LogP contribution in [0.3, 0.4) is 0 Å². The summed E-state index contributed by atoms with van der Waals surface area (Å²) in [6.45, 7) is 0. The summed E-state index contributed by atoms with van der Waals surface area (Å²) < 4.78 is 63.5. The van der Waals surface area contributed by atoms with E-state index in [1.807, 2.05) is 0 Å². The summed E-state index contributed by atoms with van der Waals surface area (Å²) >= 11 is 8.99. The zero-order chi connectivity index (χ0) is 23.5. The molecule has 0 saturated heterocycles. The molecule has 0 aliphatic rings. The molecule has 0 unspecified atom stereocenters. The second-order valence-electron chi connectivity index (χ2n) is 6.31. The van der Waals surface area contributed by atoms with Crippen LogP contribution in [0.25, 0.3) is 0 Å². The molecule has 32 heavy (non-hydrogen) atoms. The number of aromatic nitrogens is 1. The van der Waals surface area contributed by atoms with E-state index in [0.717, 1.165) is 24.3 Å². The van der Waals surface area contributed by atoms with E-state index >= 15 is 0 Å². The van der Waals surface area contributed by atoms with Gasteiger partial charge < -0.3 is 4.98 Å². The molecule has 0 fully saturated rings. The van der Waals surface area contributed by atoms with Gasteiger partial charge in [0, 0.05) is 23.3 Å². The van der Waals surface area contributed by atoms with Gasteiger partial charge in [0.15, 0.2) is 0 Å². The molecule has 2 N–H and O–H groups in total. The Morgan fingerprint density at radius 1 is 1.06 bits per heavy atom. The molecule has 8 nitrogen and oxygen atoms in total. The fourth-order valence-corrected chi connectivity index (χ4v) is 6.30. The van der Waals surface area contributed by atoms with E-state index in [4.69, 9.17) is 17.0 Å². The lowest BCUT2D eigenvalue weighted by Gasteiger charge is -2.13. The molecular weight excluding hydrogens is 547 g/mol. The van der Waals surface area contributed by atoms with Gasteiger partial charge in [0.05, 0.1) is 19.3 Å². The molecule has 1 aromatic heterocycles. The largest absolute Gasteiger partial charge is 0.345 e. The number of aliphatic imine (C=N–C) groups is 1. The first-order valence-electron chi connectivity index (χ1n) is 8.79. The predicted molar refractivity (Wildman–Crippen MR) is 123 cm³/mol. The molecule has 3 rings (SSSR count). The maximum Gasteiger partial charge on any atom is 0.283 e. The van der Waals surface area contributed by atoms with Crippen molar-refractivity contribution in [1.29, 1.82) is 5.41 Å². The van der Waals surface area contributed by atoms with Crippen LogP contribution in [0, 0.1) is 5.41 Å². The van der Waals surface area contributed by atoms with Crippen LogP contribution in [0.2, 0.25) is 0 Å². The van der Waals surface area contributed by atoms with Crippen LogP contribution < -0.4 is 0 Å². The number of aromatic amines is 1. The van der Waals surface area contributed by atoms with Crippen LogP contribution >= 0.6 is 27.5 Å². The standard InChI is InChI=1S/C19H15BrClFN4O4S2/c20-16-12-25-19(17(16)18(21)23)24-11-10-13-6-8-15(9-7-13)32(29,30)26(22)31(27,28)14-4-2-1-3-5-14/h1-9,11-12,23,25H,10H2. The zero-order valence-electron chi connectivity index (χ0n) is 16.0. The number of hydrogen-bond donors (Lipinski definition) is 2. The third kappa shape index (κ3) is 4.99. The molecule has 0 spiro atoms. The quantitative estimate of drug-likeness (QED) is 0.309. The number of rotatable bonds is 8. The SMILES string of the molecule is N=C(Cl)c1c(Br)c[nH]c1N=CCc1ccc(S(=O)(=O)N(F)S(=O)(=O)c2ccccc2)cc1. The van der Waals surface area contributed by atoms with E-state index in [-0.39, 0.29) is 11.6 Å². The molecular formula is C19H15BrClFN4O4S2. The summed E-state index contributed by atoms with van der Waals surface area (Å²) in [7, 11) is -9.83. The maximum absolute atomic E-state index is 14.5. The average Bonchev–Trinajstić information content (AvgIpc) is 3.14. The van der Waals surface area contributed by atoms with Crippen molar-refractivity contribution in [2.24, 2.45) is 4.99 Å². The van der Waals surface area contributed by atoms with E-state index in [1.54, 1.807) is 6.20 Å². The molecule has 0 bridgehead atoms. The lowest BCUT2D eigenvalue weighted by atomic mass is 10.2. The molecule has 0 saturated carbocycles. The lowest BCUT2D eigenvalue weighted by molar-refractivity contribution is 0.250. The zero-order valence-corrected chi connectivity index (χ0v) is 20.0. The van der Waals surface area contributed by atoms with Gasteiger partial charge in [0.2, 0.25) is 0 Å². The van der Waals surface area contributed by atoms with Gasteiger partial charge in [-0.25, -0.2) is 21.8 Å². The summed E-state index contributed by atoms with van der Waals surface area (Å²) in [6, 6.07) is 11.5. The number of nitrogens with zero attached hydrogens (tertiary/aromatic N) is 2. The van der Waals surface area contributed by atoms with Crippen molar-refractivity contribution in [1.82, 2.24) is 8.92 Å². The van der Waals surface area contributed by atoms with Crippen molar-refractivity contribution in [2.45, 2.75) is 16.2 Å². The number of benzene rings is 2. The summed E-state index contributed by atoms with van der Waals surface area (Å²) in [4.78, 5) is 6.06. The average molecular weight is 562 g/mol. The molecule has 168 valence electrons. The van der Waals surface area contributed by atoms with Gasteiger partial charge in [0.1, 0.15) is 11.0 Å². The van der Waals surface area contributed by atoms with Gasteiger partial charge >= 0.3 is 0 Å². The Morgan fingerprint density at radius 2 is 1.62 bits per heavy atom. The number of hydrogen-bond acceptors (Lipinski definition) is 6. The van der Waals surface area contributed by atoms with E-state index in [1.165, 1.54) is 36.5 Å². The smallest absolute Gasteiger partial charge is 0.283 e. The highest BCUT2D eigenvalue weighted by molar-refractivity contribution is 9.10. The van der Waals surface area contributed by atoms with Crippen LogP contribution in [0.1, 0.15) is 11.1 Å². The van der Waals surface area contributed by atoms with Gasteiger partial charge in [-0.3, -0.25) is 5.41 Å². The first-order valence-corrected chi connectivity index (χ1v) is 12.8. The van der Waals surface area contributed by atoms with E-state index in [9.17, 15) is 21.3 Å². The summed E-state index contributed by atoms with van der Waals surface area (Å²) in [5.74, 6) is 0.371. The lowest BCUT2D eigenvalue weighted by Crippen LogP contribution is -2.29. The van der Waals surface area contributed by atoms with Crippen molar-refractivity contribution in [2.75, 3.05) is 0 Å². The second-order valence-corrected chi connectivity index (χ2v) is 11.3. The Kier molecular flexibility index (Phi) is 7.30. The summed E-state index contributed by atoms with van der Waals surface area (Å²) in [6.07, 6.45) is 3.39. The number of H-pyrrole nitrogens is 1. The second kappa shape index (κ2) is 9.63. The molecule has 0 aliphatic heterocycles. The first kappa shape index (κ1) is 24.3. The van der Waals surface area contributed by atoms with E-state index in [0.29, 0.717) is 21.4 Å². The fourth-order valence-electron chi connectivity index (χ4n) is 2.63. The Morgan fingerprint density at radius 3 is 2.19 bits per heavy atom. The highest BCUT2D eigenvalue weighted by Crippen LogP contribution is 2.28.